The van der Waals surface area contributed by atoms with E-state index in [1.54, 1.807) is 0 Å². The maximum absolute atomic E-state index is 9.15. The monoisotopic (exact) mass is 114 g/mol. The second-order valence-corrected chi connectivity index (χ2v) is 1.82. The summed E-state index contributed by atoms with van der Waals surface area (Å²) in [5.41, 5.74) is -0.972. The summed E-state index contributed by atoms with van der Waals surface area (Å²) in [5.74, 6) is 0. The van der Waals surface area contributed by atoms with E-state index in [0.29, 0.717) is 12.8 Å². The van der Waals surface area contributed by atoms with Crippen LogP contribution in [0.1, 0.15) is 26.7 Å². The zero-order valence-electron chi connectivity index (χ0n) is 5.39. The highest BCUT2D eigenvalue weighted by molar-refractivity contribution is 4.87. The Hall–Kier alpha value is -0.550. The largest absolute Gasteiger partial charge is 0.381 e. The van der Waals surface area contributed by atoms with Gasteiger partial charge < -0.3 is 5.11 Å². The minimum atomic E-state index is -0.972. The molecule has 0 fully saturated rings. The van der Waals surface area contributed by atoms with E-state index in [2.05, 4.69) is 4.85 Å². The molecule has 2 nitrogen and oxygen atoms in total. The van der Waals surface area contributed by atoms with Crippen LogP contribution in [0.25, 0.3) is 4.85 Å². The van der Waals surface area contributed by atoms with Crippen molar-refractivity contribution in [2.45, 2.75) is 32.4 Å². The number of nitrogens with zero attached hydrogens (tertiary/aromatic N) is 1. The van der Waals surface area contributed by atoms with Gasteiger partial charge in [-0.1, -0.05) is 13.8 Å². The van der Waals surface area contributed by atoms with Crippen molar-refractivity contribution in [2.24, 2.45) is 0 Å². The zero-order valence-corrected chi connectivity index (χ0v) is 5.39. The van der Waals surface area contributed by atoms with Crippen molar-refractivity contribution in [3.63, 3.8) is 0 Å². The molecule has 0 radical (unpaired) electrons. The van der Waals surface area contributed by atoms with Crippen molar-refractivity contribution in [1.29, 1.82) is 0 Å². The van der Waals surface area contributed by atoms with Gasteiger partial charge in [0.25, 0.3) is 6.57 Å². The first kappa shape index (κ1) is 7.45. The number of hydrogen-bond donors (Lipinski definition) is 1. The van der Waals surface area contributed by atoms with Crippen LogP contribution in [0.4, 0.5) is 0 Å². The van der Waals surface area contributed by atoms with Crippen molar-refractivity contribution in [2.75, 3.05) is 0 Å². The fourth-order valence-corrected chi connectivity index (χ4v) is 0.433. The van der Waals surface area contributed by atoms with Crippen LogP contribution in [-0.2, 0) is 0 Å². The lowest BCUT2D eigenvalue weighted by Crippen LogP contribution is -2.20. The third-order valence-electron chi connectivity index (χ3n) is 1.37. The van der Waals surface area contributed by atoms with Crippen LogP contribution in [0.3, 0.4) is 0 Å². The number of aliphatic hydroxyl groups is 1. The van der Waals surface area contributed by atoms with E-state index in [0.717, 1.165) is 0 Å². The van der Waals surface area contributed by atoms with Gasteiger partial charge in [0.05, 0.1) is 12.8 Å². The van der Waals surface area contributed by atoms with Crippen molar-refractivity contribution in [1.82, 2.24) is 0 Å². The Morgan fingerprint density at radius 2 is 1.88 bits per heavy atom. The van der Waals surface area contributed by atoms with Gasteiger partial charge in [0.1, 0.15) is 0 Å². The van der Waals surface area contributed by atoms with Crippen molar-refractivity contribution >= 4 is 0 Å². The average molecular weight is 114 g/mol. The molecule has 8 heavy (non-hydrogen) atoms. The van der Waals surface area contributed by atoms with Gasteiger partial charge in [-0.05, 0) is 4.85 Å². The normalized spacial score (nSPS) is 10.8. The molecule has 0 aromatic carbocycles. The summed E-state index contributed by atoms with van der Waals surface area (Å²) in [7, 11) is 0. The topological polar surface area (TPSA) is 24.6 Å². The zero-order chi connectivity index (χ0) is 6.62. The number of hydrogen-bond acceptors (Lipinski definition) is 1. The molecule has 0 aromatic rings. The Labute approximate surface area is 50.0 Å². The molecule has 0 saturated carbocycles. The van der Waals surface area contributed by atoms with E-state index < -0.39 is 5.72 Å². The Bertz CT molecular complexity index is 99.6. The summed E-state index contributed by atoms with van der Waals surface area (Å²) in [5, 5.41) is 9.15. The Balaban J connectivity index is 3.83. The summed E-state index contributed by atoms with van der Waals surface area (Å²) in [6, 6.07) is 0. The van der Waals surface area contributed by atoms with E-state index >= 15 is 0 Å². The third kappa shape index (κ3) is 1.51. The first-order chi connectivity index (χ1) is 3.68. The maximum Gasteiger partial charge on any atom is 0.381 e. The fourth-order valence-electron chi connectivity index (χ4n) is 0.433. The van der Waals surface area contributed by atoms with Crippen LogP contribution in [-0.4, -0.2) is 10.8 Å². The first-order valence-electron chi connectivity index (χ1n) is 2.83. The molecule has 2 heteroatoms. The maximum atomic E-state index is 9.15. The molecule has 0 aromatic heterocycles. The van der Waals surface area contributed by atoms with E-state index in [9.17, 15) is 0 Å². The van der Waals surface area contributed by atoms with Crippen LogP contribution in [0.2, 0.25) is 0 Å². The second kappa shape index (κ2) is 2.68. The van der Waals surface area contributed by atoms with E-state index in [1.165, 1.54) is 0 Å². The summed E-state index contributed by atoms with van der Waals surface area (Å²) >= 11 is 0. The highest BCUT2D eigenvalue weighted by Gasteiger charge is 2.31. The minimum absolute atomic E-state index is 0.583. The molecule has 0 heterocycles. The highest BCUT2D eigenvalue weighted by Crippen LogP contribution is 2.14. The lowest BCUT2D eigenvalue weighted by Gasteiger charge is -2.02. The van der Waals surface area contributed by atoms with Gasteiger partial charge in [-0.15, -0.1) is 0 Å². The smallest absolute Gasteiger partial charge is 0.321 e. The second-order valence-electron chi connectivity index (χ2n) is 1.82. The van der Waals surface area contributed by atoms with Crippen LogP contribution in [0, 0.1) is 6.57 Å². The molecule has 0 spiro atoms. The molecule has 0 atom stereocenters. The van der Waals surface area contributed by atoms with Crippen LogP contribution in [0.15, 0.2) is 0 Å². The van der Waals surface area contributed by atoms with Gasteiger partial charge in [0.2, 0.25) is 0 Å². The summed E-state index contributed by atoms with van der Waals surface area (Å²) in [6.07, 6.45) is 1.17. The Kier molecular flexibility index (Phi) is 2.50. The third-order valence-corrected chi connectivity index (χ3v) is 1.37. The van der Waals surface area contributed by atoms with Crippen LogP contribution < -0.4 is 0 Å². The average Bonchev–Trinajstić information content (AvgIpc) is 1.87. The quantitative estimate of drug-likeness (QED) is 0.577. The molecule has 0 aliphatic rings. The first-order valence-corrected chi connectivity index (χ1v) is 2.83. The van der Waals surface area contributed by atoms with Gasteiger partial charge in [0, 0.05) is 0 Å². The molecule has 46 valence electrons. The lowest BCUT2D eigenvalue weighted by molar-refractivity contribution is 0.0806. The SMILES string of the molecule is C#[N+]C(O)(CC)CC. The Morgan fingerprint density at radius 3 is 1.88 bits per heavy atom. The van der Waals surface area contributed by atoms with Gasteiger partial charge in [0.15, 0.2) is 0 Å². The molecule has 0 bridgehead atoms. The lowest BCUT2D eigenvalue weighted by atomic mass is 10.1. The molecule has 0 aliphatic heterocycles. The standard InChI is InChI=1S/C6H12NO/c1-4-6(8,5-2)7-3/h3,8H,4-5H2,1-2H3/q+1. The van der Waals surface area contributed by atoms with Gasteiger partial charge in [-0.3, -0.25) is 0 Å². The highest BCUT2D eigenvalue weighted by atomic mass is 16.3. The van der Waals surface area contributed by atoms with Gasteiger partial charge in [-0.2, -0.15) is 0 Å². The van der Waals surface area contributed by atoms with Crippen molar-refractivity contribution in [3.8, 4) is 6.57 Å². The summed E-state index contributed by atoms with van der Waals surface area (Å²) < 4.78 is 0. The van der Waals surface area contributed by atoms with Crippen molar-refractivity contribution in [3.05, 3.63) is 4.85 Å². The fraction of sp³-hybridized carbons (Fsp3) is 0.833. The van der Waals surface area contributed by atoms with E-state index in [4.69, 9.17) is 11.7 Å². The molecule has 0 rings (SSSR count). The molecule has 0 unspecified atom stereocenters. The number of rotatable bonds is 2. The van der Waals surface area contributed by atoms with E-state index in [-0.39, 0.29) is 0 Å². The van der Waals surface area contributed by atoms with Crippen LogP contribution in [0.5, 0.6) is 0 Å². The van der Waals surface area contributed by atoms with E-state index in [1.807, 2.05) is 13.8 Å². The molecule has 0 aliphatic carbocycles. The van der Waals surface area contributed by atoms with Gasteiger partial charge >= 0.3 is 5.72 Å². The molecule has 1 N–H and O–H groups in total. The van der Waals surface area contributed by atoms with Crippen molar-refractivity contribution < 1.29 is 5.11 Å². The Morgan fingerprint density at radius 1 is 1.50 bits per heavy atom. The summed E-state index contributed by atoms with van der Waals surface area (Å²) in [4.78, 5) is 3.31. The van der Waals surface area contributed by atoms with Gasteiger partial charge in [-0.25, -0.2) is 0 Å². The van der Waals surface area contributed by atoms with Crippen LogP contribution >= 0.6 is 0 Å². The molecular weight excluding hydrogens is 102 g/mol. The molecule has 0 saturated heterocycles. The predicted octanol–water partition coefficient (Wildman–Crippen LogP) is 1.46. The predicted molar refractivity (Wildman–Crippen MR) is 33.8 cm³/mol. The molecular formula is C6H12NO+. The molecule has 0 amide bonds. The summed E-state index contributed by atoms with van der Waals surface area (Å²) in [6.45, 7) is 8.60. The minimum Gasteiger partial charge on any atom is -0.321 e.